The van der Waals surface area contributed by atoms with Crippen molar-refractivity contribution in [2.45, 2.75) is 19.8 Å². The Bertz CT molecular complexity index is 739. The first-order valence-corrected chi connectivity index (χ1v) is 7.51. The third-order valence-electron chi connectivity index (χ3n) is 3.02. The molecule has 0 aliphatic carbocycles. The van der Waals surface area contributed by atoms with Crippen molar-refractivity contribution >= 4 is 35.6 Å². The lowest BCUT2D eigenvalue weighted by Crippen LogP contribution is -2.24. The molecular weight excluding hydrogens is 462 g/mol. The van der Waals surface area contributed by atoms with E-state index in [1.807, 2.05) is 31.2 Å². The highest BCUT2D eigenvalue weighted by molar-refractivity contribution is 14.0. The monoisotopic (exact) mass is 481 g/mol. The van der Waals surface area contributed by atoms with E-state index in [1.165, 1.54) is 18.2 Å². The van der Waals surface area contributed by atoms with E-state index < -0.39 is 6.36 Å². The zero-order valence-corrected chi connectivity index (χ0v) is 16.2. The van der Waals surface area contributed by atoms with E-state index >= 15 is 0 Å². The third kappa shape index (κ3) is 7.38. The van der Waals surface area contributed by atoms with E-state index in [-0.39, 0.29) is 47.9 Å². The topological polar surface area (TPSA) is 68.9 Å². The Hall–Kier alpha value is -2.17. The zero-order chi connectivity index (χ0) is 18.3. The van der Waals surface area contributed by atoms with Gasteiger partial charge in [-0.25, -0.2) is 4.99 Å². The fourth-order valence-electron chi connectivity index (χ4n) is 2.04. The maximum atomic E-state index is 12.4. The van der Waals surface area contributed by atoms with Crippen LogP contribution in [0.25, 0.3) is 0 Å². The number of para-hydroxylation sites is 2. The number of hydrogen-bond donors (Lipinski definition) is 2. The first kappa shape index (κ1) is 21.9. The number of halogens is 4. The van der Waals surface area contributed by atoms with Crippen molar-refractivity contribution in [1.82, 2.24) is 0 Å². The summed E-state index contributed by atoms with van der Waals surface area (Å²) < 4.78 is 46.6. The first-order chi connectivity index (χ1) is 11.9. The van der Waals surface area contributed by atoms with Crippen molar-refractivity contribution in [3.05, 3.63) is 54.1 Å². The highest BCUT2D eigenvalue weighted by Crippen LogP contribution is 2.29. The smallest absolute Gasteiger partial charge is 0.494 e. The molecule has 26 heavy (non-hydrogen) atoms. The van der Waals surface area contributed by atoms with Crippen molar-refractivity contribution in [3.63, 3.8) is 0 Å². The van der Waals surface area contributed by atoms with Crippen molar-refractivity contribution in [3.8, 4) is 11.5 Å². The van der Waals surface area contributed by atoms with Crippen LogP contribution in [0, 0.1) is 0 Å². The van der Waals surface area contributed by atoms with Gasteiger partial charge in [0, 0.05) is 0 Å². The van der Waals surface area contributed by atoms with Crippen LogP contribution >= 0.6 is 24.0 Å². The summed E-state index contributed by atoms with van der Waals surface area (Å²) in [6.07, 6.45) is -4.79. The van der Waals surface area contributed by atoms with Crippen LogP contribution in [0.15, 0.2) is 53.5 Å². The molecule has 0 saturated heterocycles. The van der Waals surface area contributed by atoms with Crippen LogP contribution in [0.5, 0.6) is 11.5 Å². The Kier molecular flexibility index (Phi) is 8.49. The maximum absolute atomic E-state index is 12.4. The quantitative estimate of drug-likeness (QED) is 0.362. The number of benzene rings is 2. The van der Waals surface area contributed by atoms with Gasteiger partial charge in [0.1, 0.15) is 5.75 Å². The van der Waals surface area contributed by atoms with E-state index in [0.29, 0.717) is 12.4 Å². The van der Waals surface area contributed by atoms with E-state index in [4.69, 9.17) is 10.5 Å². The van der Waals surface area contributed by atoms with Crippen molar-refractivity contribution in [2.24, 2.45) is 10.7 Å². The lowest BCUT2D eigenvalue weighted by Gasteiger charge is -2.14. The van der Waals surface area contributed by atoms with Gasteiger partial charge in [-0.3, -0.25) is 0 Å². The number of alkyl halides is 3. The van der Waals surface area contributed by atoms with Crippen LogP contribution in [0.1, 0.15) is 12.5 Å². The van der Waals surface area contributed by atoms with Crippen LogP contribution in [-0.2, 0) is 6.54 Å². The van der Waals surface area contributed by atoms with Crippen LogP contribution in [-0.4, -0.2) is 18.9 Å². The summed E-state index contributed by atoms with van der Waals surface area (Å²) in [5, 5.41) is 2.61. The second-order valence-electron chi connectivity index (χ2n) is 4.95. The highest BCUT2D eigenvalue weighted by atomic mass is 127. The maximum Gasteiger partial charge on any atom is 0.573 e. The van der Waals surface area contributed by atoms with E-state index in [2.05, 4.69) is 15.0 Å². The van der Waals surface area contributed by atoms with Gasteiger partial charge in [-0.15, -0.1) is 37.1 Å². The summed E-state index contributed by atoms with van der Waals surface area (Å²) in [6, 6.07) is 12.9. The molecule has 142 valence electrons. The minimum absolute atomic E-state index is 0. The molecule has 0 atom stereocenters. The van der Waals surface area contributed by atoms with Crippen LogP contribution in [0.3, 0.4) is 0 Å². The molecule has 0 spiro atoms. The first-order valence-electron chi connectivity index (χ1n) is 7.51. The Morgan fingerprint density at radius 2 is 1.88 bits per heavy atom. The van der Waals surface area contributed by atoms with E-state index in [9.17, 15) is 13.2 Å². The summed E-state index contributed by atoms with van der Waals surface area (Å²) >= 11 is 0. The molecule has 9 heteroatoms. The molecule has 0 aromatic heterocycles. The number of anilines is 1. The molecular formula is C17H19F3IN3O2. The van der Waals surface area contributed by atoms with Crippen LogP contribution in [0.4, 0.5) is 18.9 Å². The summed E-state index contributed by atoms with van der Waals surface area (Å²) in [4.78, 5) is 4.12. The molecule has 0 amide bonds. The molecule has 0 heterocycles. The number of hydrogen-bond acceptors (Lipinski definition) is 3. The van der Waals surface area contributed by atoms with Gasteiger partial charge in [0.05, 0.1) is 18.8 Å². The lowest BCUT2D eigenvalue weighted by atomic mass is 10.2. The number of aliphatic imine (C=N–C) groups is 1. The van der Waals surface area contributed by atoms with Crippen molar-refractivity contribution < 1.29 is 22.6 Å². The number of guanidine groups is 1. The fraction of sp³-hybridized carbons (Fsp3) is 0.235. The predicted molar refractivity (Wildman–Crippen MR) is 105 cm³/mol. The van der Waals surface area contributed by atoms with Gasteiger partial charge in [-0.1, -0.05) is 24.3 Å². The average molecular weight is 481 g/mol. The third-order valence-corrected chi connectivity index (χ3v) is 3.02. The van der Waals surface area contributed by atoms with E-state index in [1.54, 1.807) is 6.07 Å². The largest absolute Gasteiger partial charge is 0.573 e. The molecule has 0 aliphatic heterocycles. The predicted octanol–water partition coefficient (Wildman–Crippen LogP) is 4.53. The minimum atomic E-state index is -4.79. The number of ether oxygens (including phenoxy) is 2. The molecule has 0 bridgehead atoms. The molecule has 5 nitrogen and oxygen atoms in total. The van der Waals surface area contributed by atoms with Crippen molar-refractivity contribution in [2.75, 3.05) is 11.9 Å². The Morgan fingerprint density at radius 1 is 1.15 bits per heavy atom. The second kappa shape index (κ2) is 10.1. The minimum Gasteiger partial charge on any atom is -0.494 e. The Balaban J connectivity index is 0.00000338. The SMILES string of the molecule is CCOc1cccc(CN=C(N)Nc2ccccc2OC(F)(F)F)c1.I. The van der Waals surface area contributed by atoms with Gasteiger partial charge in [0.2, 0.25) is 0 Å². The van der Waals surface area contributed by atoms with Gasteiger partial charge >= 0.3 is 6.36 Å². The lowest BCUT2D eigenvalue weighted by molar-refractivity contribution is -0.274. The van der Waals surface area contributed by atoms with Gasteiger partial charge < -0.3 is 20.5 Å². The molecule has 0 aliphatic rings. The molecule has 0 fully saturated rings. The number of nitrogens with one attached hydrogen (secondary N) is 1. The zero-order valence-electron chi connectivity index (χ0n) is 13.9. The normalized spacial score (nSPS) is 11.5. The highest BCUT2D eigenvalue weighted by Gasteiger charge is 2.32. The summed E-state index contributed by atoms with van der Waals surface area (Å²) in [5.41, 5.74) is 6.68. The average Bonchev–Trinajstić information content (AvgIpc) is 2.54. The molecule has 0 saturated carbocycles. The van der Waals surface area contributed by atoms with Crippen LogP contribution < -0.4 is 20.5 Å². The molecule has 3 N–H and O–H groups in total. The summed E-state index contributed by atoms with van der Waals surface area (Å²) in [7, 11) is 0. The Labute approximate surface area is 166 Å². The molecule has 2 rings (SSSR count). The number of rotatable bonds is 6. The van der Waals surface area contributed by atoms with Gasteiger partial charge in [0.15, 0.2) is 11.7 Å². The fourth-order valence-corrected chi connectivity index (χ4v) is 2.04. The summed E-state index contributed by atoms with van der Waals surface area (Å²) in [6.45, 7) is 2.68. The number of nitrogens with two attached hydrogens (primary N) is 1. The van der Waals surface area contributed by atoms with Crippen molar-refractivity contribution in [1.29, 1.82) is 0 Å². The molecule has 2 aromatic rings. The van der Waals surface area contributed by atoms with E-state index in [0.717, 1.165) is 5.56 Å². The molecule has 0 unspecified atom stereocenters. The van der Waals surface area contributed by atoms with Gasteiger partial charge in [-0.2, -0.15) is 0 Å². The summed E-state index contributed by atoms with van der Waals surface area (Å²) in [5.74, 6) is 0.303. The van der Waals surface area contributed by atoms with Crippen LogP contribution in [0.2, 0.25) is 0 Å². The molecule has 0 radical (unpaired) electrons. The number of nitrogens with zero attached hydrogens (tertiary/aromatic N) is 1. The Morgan fingerprint density at radius 3 is 2.58 bits per heavy atom. The standard InChI is InChI=1S/C17H18F3N3O2.HI/c1-2-24-13-7-5-6-12(10-13)11-22-16(21)23-14-8-3-4-9-15(14)25-17(18,19)20;/h3-10H,2,11H2,1H3,(H3,21,22,23);1H. The molecule has 2 aromatic carbocycles. The van der Waals surface area contributed by atoms with Gasteiger partial charge in [0.25, 0.3) is 0 Å². The van der Waals surface area contributed by atoms with Gasteiger partial charge in [-0.05, 0) is 36.8 Å². The second-order valence-corrected chi connectivity index (χ2v) is 4.95.